The molecule has 0 aromatic heterocycles. The maximum Gasteiger partial charge on any atom is 0.307 e. The molecule has 2 heteroatoms. The van der Waals surface area contributed by atoms with Gasteiger partial charge in [-0.05, 0) is 18.1 Å². The molecule has 1 N–H and O–H groups in total. The van der Waals surface area contributed by atoms with Gasteiger partial charge in [0.05, 0.1) is 6.42 Å². The molecule has 0 amide bonds. The van der Waals surface area contributed by atoms with Crippen LogP contribution in [0.15, 0.2) is 30.3 Å². The first kappa shape index (κ1) is 9.52. The van der Waals surface area contributed by atoms with Gasteiger partial charge in [-0.3, -0.25) is 4.79 Å². The summed E-state index contributed by atoms with van der Waals surface area (Å²) < 4.78 is 0. The third-order valence-corrected chi connectivity index (χ3v) is 1.62. The molecule has 0 fully saturated rings. The Morgan fingerprint density at radius 2 is 2.00 bits per heavy atom. The Bertz CT molecular complexity index is 309. The van der Waals surface area contributed by atoms with Gasteiger partial charge in [0.1, 0.15) is 0 Å². The first-order chi connectivity index (χ1) is 6.22. The fourth-order valence-corrected chi connectivity index (χ4v) is 1.03. The van der Waals surface area contributed by atoms with Crippen LogP contribution in [-0.2, 0) is 11.2 Å². The molecule has 0 bridgehead atoms. The Balaban J connectivity index is 2.75. The van der Waals surface area contributed by atoms with E-state index in [1.165, 1.54) is 6.08 Å². The van der Waals surface area contributed by atoms with E-state index in [2.05, 4.69) is 0 Å². The summed E-state index contributed by atoms with van der Waals surface area (Å²) in [5.41, 5.74) is 1.76. The van der Waals surface area contributed by atoms with Gasteiger partial charge in [-0.2, -0.15) is 0 Å². The average Bonchev–Trinajstić information content (AvgIpc) is 2.08. The number of carbonyl (C=O) groups is 1. The minimum atomic E-state index is -0.817. The molecule has 0 saturated carbocycles. The maximum atomic E-state index is 10.3. The average molecular weight is 174 g/mol. The van der Waals surface area contributed by atoms with Crippen molar-refractivity contribution in [3.05, 3.63) is 48.4 Å². The van der Waals surface area contributed by atoms with Crippen LogP contribution in [0.4, 0.5) is 0 Å². The summed E-state index contributed by atoms with van der Waals surface area (Å²) in [6.45, 7) is 5.20. The molecular formula is C11H10O2. The molecule has 0 aliphatic heterocycles. The van der Waals surface area contributed by atoms with Crippen molar-refractivity contribution in [2.75, 3.05) is 0 Å². The van der Waals surface area contributed by atoms with Crippen LogP contribution in [0.1, 0.15) is 11.1 Å². The van der Waals surface area contributed by atoms with E-state index in [4.69, 9.17) is 12.0 Å². The summed E-state index contributed by atoms with van der Waals surface area (Å²) >= 11 is 0. The lowest BCUT2D eigenvalue weighted by molar-refractivity contribution is -0.136. The molecule has 0 spiro atoms. The normalized spacial score (nSPS) is 10.5. The summed E-state index contributed by atoms with van der Waals surface area (Å²) in [4.78, 5) is 10.3. The van der Waals surface area contributed by atoms with Crippen molar-refractivity contribution in [3.8, 4) is 0 Å². The zero-order valence-electron chi connectivity index (χ0n) is 7.10. The third kappa shape index (κ3) is 3.11. The highest BCUT2D eigenvalue weighted by atomic mass is 16.4. The van der Waals surface area contributed by atoms with E-state index in [9.17, 15) is 4.79 Å². The molecule has 0 aliphatic rings. The quantitative estimate of drug-likeness (QED) is 0.761. The third-order valence-electron chi connectivity index (χ3n) is 1.62. The van der Waals surface area contributed by atoms with Crippen molar-refractivity contribution in [1.82, 2.24) is 0 Å². The van der Waals surface area contributed by atoms with Crippen LogP contribution in [0.3, 0.4) is 0 Å². The number of carboxylic acid groups (broad SMARTS) is 1. The summed E-state index contributed by atoms with van der Waals surface area (Å²) in [7, 11) is 0. The smallest absolute Gasteiger partial charge is 0.307 e. The fourth-order valence-electron chi connectivity index (χ4n) is 1.03. The van der Waals surface area contributed by atoms with Crippen molar-refractivity contribution in [1.29, 1.82) is 0 Å². The number of allylic oxidation sites excluding steroid dienone is 1. The van der Waals surface area contributed by atoms with Crippen LogP contribution in [0.25, 0.3) is 6.08 Å². The van der Waals surface area contributed by atoms with Crippen LogP contribution in [0.2, 0.25) is 0 Å². The van der Waals surface area contributed by atoms with Crippen molar-refractivity contribution in [3.63, 3.8) is 0 Å². The highest BCUT2D eigenvalue weighted by Gasteiger charge is 1.98. The van der Waals surface area contributed by atoms with Gasteiger partial charge in [-0.25, -0.2) is 0 Å². The van der Waals surface area contributed by atoms with Gasteiger partial charge in [0.2, 0.25) is 0 Å². The van der Waals surface area contributed by atoms with Crippen molar-refractivity contribution >= 4 is 12.0 Å². The van der Waals surface area contributed by atoms with Crippen molar-refractivity contribution in [2.24, 2.45) is 0 Å². The SMILES string of the molecule is [CH]C=Cc1ccc(CC(=O)O)cc1. The molecule has 0 unspecified atom stereocenters. The number of aliphatic carboxylic acids is 1. The van der Waals surface area contributed by atoms with E-state index in [1.807, 2.05) is 12.1 Å². The van der Waals surface area contributed by atoms with Gasteiger partial charge < -0.3 is 5.11 Å². The Morgan fingerprint density at radius 1 is 1.38 bits per heavy atom. The largest absolute Gasteiger partial charge is 0.481 e. The summed E-state index contributed by atoms with van der Waals surface area (Å²) in [6, 6.07) is 7.23. The molecule has 0 atom stereocenters. The highest BCUT2D eigenvalue weighted by molar-refractivity contribution is 5.70. The fraction of sp³-hybridized carbons (Fsp3) is 0.0909. The molecule has 2 radical (unpaired) electrons. The Kier molecular flexibility index (Phi) is 3.26. The minimum Gasteiger partial charge on any atom is -0.481 e. The second-order valence-corrected chi connectivity index (χ2v) is 2.67. The van der Waals surface area contributed by atoms with E-state index in [0.29, 0.717) is 0 Å². The Morgan fingerprint density at radius 3 is 2.46 bits per heavy atom. The lowest BCUT2D eigenvalue weighted by atomic mass is 10.1. The topological polar surface area (TPSA) is 37.3 Å². The van der Waals surface area contributed by atoms with E-state index < -0.39 is 5.97 Å². The van der Waals surface area contributed by atoms with E-state index >= 15 is 0 Å². The summed E-state index contributed by atoms with van der Waals surface area (Å²) in [5, 5.41) is 8.51. The summed E-state index contributed by atoms with van der Waals surface area (Å²) in [5.74, 6) is -0.817. The Hall–Kier alpha value is -1.57. The predicted octanol–water partition coefficient (Wildman–Crippen LogP) is 2.04. The van der Waals surface area contributed by atoms with Crippen molar-refractivity contribution < 1.29 is 9.90 Å². The van der Waals surface area contributed by atoms with Crippen LogP contribution < -0.4 is 0 Å². The van der Waals surface area contributed by atoms with Gasteiger partial charge >= 0.3 is 5.97 Å². The maximum absolute atomic E-state index is 10.3. The minimum absolute atomic E-state index is 0.0621. The standard InChI is InChI=1S/C11H10O2/c1-2-3-9-4-6-10(7-5-9)8-11(12)13/h1-7H,8H2,(H,12,13). The van der Waals surface area contributed by atoms with Gasteiger partial charge in [0.25, 0.3) is 0 Å². The lowest BCUT2D eigenvalue weighted by Gasteiger charge is -1.97. The first-order valence-corrected chi connectivity index (χ1v) is 3.91. The molecular weight excluding hydrogens is 164 g/mol. The zero-order valence-corrected chi connectivity index (χ0v) is 7.10. The summed E-state index contributed by atoms with van der Waals surface area (Å²) in [6.07, 6.45) is 3.27. The number of rotatable bonds is 3. The van der Waals surface area contributed by atoms with E-state index in [1.54, 1.807) is 18.2 Å². The van der Waals surface area contributed by atoms with Crippen LogP contribution >= 0.6 is 0 Å². The van der Waals surface area contributed by atoms with Gasteiger partial charge in [-0.15, -0.1) is 0 Å². The monoisotopic (exact) mass is 174 g/mol. The molecule has 0 heterocycles. The van der Waals surface area contributed by atoms with E-state index in [0.717, 1.165) is 11.1 Å². The molecule has 1 aromatic carbocycles. The Labute approximate surface area is 77.5 Å². The first-order valence-electron chi connectivity index (χ1n) is 3.91. The number of hydrogen-bond acceptors (Lipinski definition) is 1. The molecule has 1 rings (SSSR count). The molecule has 66 valence electrons. The van der Waals surface area contributed by atoms with Gasteiger partial charge in [-0.1, -0.05) is 36.4 Å². The van der Waals surface area contributed by atoms with Gasteiger partial charge in [0.15, 0.2) is 0 Å². The highest BCUT2D eigenvalue weighted by Crippen LogP contribution is 2.06. The molecule has 2 nitrogen and oxygen atoms in total. The number of carboxylic acids is 1. The van der Waals surface area contributed by atoms with Crippen molar-refractivity contribution in [2.45, 2.75) is 6.42 Å². The second kappa shape index (κ2) is 4.45. The second-order valence-electron chi connectivity index (χ2n) is 2.67. The van der Waals surface area contributed by atoms with E-state index in [-0.39, 0.29) is 6.42 Å². The predicted molar refractivity (Wildman–Crippen MR) is 51.1 cm³/mol. The zero-order chi connectivity index (χ0) is 9.68. The van der Waals surface area contributed by atoms with Gasteiger partial charge in [0, 0.05) is 0 Å². The van der Waals surface area contributed by atoms with Crippen LogP contribution in [0.5, 0.6) is 0 Å². The molecule has 0 aliphatic carbocycles. The molecule has 13 heavy (non-hydrogen) atoms. The van der Waals surface area contributed by atoms with Crippen LogP contribution in [-0.4, -0.2) is 11.1 Å². The number of benzene rings is 1. The lowest BCUT2D eigenvalue weighted by Crippen LogP contribution is -1.99. The van der Waals surface area contributed by atoms with Crippen LogP contribution in [0, 0.1) is 6.92 Å². The molecule has 1 aromatic rings. The number of hydrogen-bond donors (Lipinski definition) is 1. The molecule has 0 saturated heterocycles.